The van der Waals surface area contributed by atoms with Crippen molar-refractivity contribution in [3.8, 4) is 0 Å². The largest absolute Gasteiger partial charge is 0.462 e. The first-order chi connectivity index (χ1) is 8.09. The molecule has 0 unspecified atom stereocenters. The molecule has 18 heavy (non-hydrogen) atoms. The van der Waals surface area contributed by atoms with Crippen LogP contribution in [0.15, 0.2) is 0 Å². The summed E-state index contributed by atoms with van der Waals surface area (Å²) in [5, 5.41) is 0. The fraction of sp³-hybridized carbons (Fsp3) is 0.938. The van der Waals surface area contributed by atoms with Crippen LogP contribution in [0, 0.1) is 28.6 Å². The summed E-state index contributed by atoms with van der Waals surface area (Å²) in [5.74, 6) is 1.77. The number of carbonyl (C=O) groups is 1. The van der Waals surface area contributed by atoms with E-state index < -0.39 is 0 Å². The van der Waals surface area contributed by atoms with Crippen molar-refractivity contribution in [1.82, 2.24) is 0 Å². The monoisotopic (exact) mass is 252 g/mol. The summed E-state index contributed by atoms with van der Waals surface area (Å²) in [4.78, 5) is 12.1. The highest BCUT2D eigenvalue weighted by Crippen LogP contribution is 2.55. The van der Waals surface area contributed by atoms with E-state index in [1.807, 2.05) is 0 Å². The van der Waals surface area contributed by atoms with E-state index in [4.69, 9.17) is 4.74 Å². The molecule has 0 aromatic carbocycles. The van der Waals surface area contributed by atoms with E-state index in [9.17, 15) is 4.79 Å². The van der Waals surface area contributed by atoms with Crippen LogP contribution in [-0.4, -0.2) is 12.1 Å². The first-order valence-electron chi connectivity index (χ1n) is 7.28. The molecule has 0 radical (unpaired) electrons. The summed E-state index contributed by atoms with van der Waals surface area (Å²) in [6.07, 6.45) is 3.42. The van der Waals surface area contributed by atoms with Crippen LogP contribution in [0.2, 0.25) is 0 Å². The zero-order valence-corrected chi connectivity index (χ0v) is 12.7. The molecule has 0 aromatic rings. The van der Waals surface area contributed by atoms with Crippen LogP contribution in [-0.2, 0) is 9.53 Å². The van der Waals surface area contributed by atoms with Crippen LogP contribution >= 0.6 is 0 Å². The molecule has 2 heteroatoms. The minimum atomic E-state index is 0.0178. The minimum Gasteiger partial charge on any atom is -0.462 e. The van der Waals surface area contributed by atoms with Crippen molar-refractivity contribution in [1.29, 1.82) is 0 Å². The van der Waals surface area contributed by atoms with Crippen LogP contribution in [0.25, 0.3) is 0 Å². The quantitative estimate of drug-likeness (QED) is 0.709. The van der Waals surface area contributed by atoms with E-state index in [2.05, 4.69) is 41.5 Å². The molecule has 0 spiro atoms. The lowest BCUT2D eigenvalue weighted by molar-refractivity contribution is -0.200. The third kappa shape index (κ3) is 2.57. The van der Waals surface area contributed by atoms with Gasteiger partial charge in [-0.25, -0.2) is 0 Å². The molecule has 3 fully saturated rings. The SMILES string of the molecule is CC(C)(C)C(CC(=O)OC1C2CC1C2)C(C)(C)C. The predicted molar refractivity (Wildman–Crippen MR) is 73.1 cm³/mol. The Bertz CT molecular complexity index is 304. The van der Waals surface area contributed by atoms with E-state index >= 15 is 0 Å². The van der Waals surface area contributed by atoms with E-state index in [1.54, 1.807) is 0 Å². The molecule has 2 bridgehead atoms. The van der Waals surface area contributed by atoms with Gasteiger partial charge in [0.2, 0.25) is 0 Å². The number of rotatable bonds is 3. The van der Waals surface area contributed by atoms with Crippen LogP contribution in [0.1, 0.15) is 60.8 Å². The van der Waals surface area contributed by atoms with Crippen LogP contribution in [0.4, 0.5) is 0 Å². The molecule has 0 aliphatic heterocycles. The average molecular weight is 252 g/mol. The van der Waals surface area contributed by atoms with Crippen LogP contribution in [0.5, 0.6) is 0 Å². The molecule has 3 rings (SSSR count). The Balaban J connectivity index is 1.90. The highest BCUT2D eigenvalue weighted by Gasteiger charge is 2.55. The summed E-state index contributed by atoms with van der Waals surface area (Å²) in [6, 6.07) is 0. The normalized spacial score (nSPS) is 30.7. The van der Waals surface area contributed by atoms with Crippen molar-refractivity contribution >= 4 is 5.97 Å². The van der Waals surface area contributed by atoms with Crippen molar-refractivity contribution in [3.05, 3.63) is 0 Å². The topological polar surface area (TPSA) is 26.3 Å². The lowest BCUT2D eigenvalue weighted by Crippen LogP contribution is -2.57. The molecular formula is C16H28O2. The second-order valence-electron chi connectivity index (χ2n) is 8.43. The van der Waals surface area contributed by atoms with Crippen molar-refractivity contribution in [2.45, 2.75) is 66.9 Å². The molecule has 0 saturated heterocycles. The van der Waals surface area contributed by atoms with Gasteiger partial charge in [-0.15, -0.1) is 0 Å². The summed E-state index contributed by atoms with van der Waals surface area (Å²) < 4.78 is 5.63. The Hall–Kier alpha value is -0.530. The molecule has 2 nitrogen and oxygen atoms in total. The maximum absolute atomic E-state index is 12.1. The molecule has 104 valence electrons. The van der Waals surface area contributed by atoms with Gasteiger partial charge in [-0.1, -0.05) is 41.5 Å². The van der Waals surface area contributed by atoms with Crippen LogP contribution < -0.4 is 0 Å². The highest BCUT2D eigenvalue weighted by atomic mass is 16.5. The zero-order chi connectivity index (χ0) is 13.7. The van der Waals surface area contributed by atoms with Crippen molar-refractivity contribution in [2.24, 2.45) is 28.6 Å². The maximum atomic E-state index is 12.1. The number of hydrogen-bond acceptors (Lipinski definition) is 2. The molecule has 0 amide bonds. The fourth-order valence-corrected chi connectivity index (χ4v) is 3.71. The molecule has 3 aliphatic carbocycles. The highest BCUT2D eigenvalue weighted by molar-refractivity contribution is 5.70. The second kappa shape index (κ2) is 4.25. The third-order valence-corrected chi connectivity index (χ3v) is 4.87. The van der Waals surface area contributed by atoms with Gasteiger partial charge in [-0.3, -0.25) is 4.79 Å². The summed E-state index contributed by atoms with van der Waals surface area (Å²) >= 11 is 0. The van der Waals surface area contributed by atoms with Gasteiger partial charge >= 0.3 is 5.97 Å². The van der Waals surface area contributed by atoms with E-state index in [-0.39, 0.29) is 22.9 Å². The molecule has 3 saturated carbocycles. The minimum absolute atomic E-state index is 0.0178. The molecule has 0 heterocycles. The van der Waals surface area contributed by atoms with Crippen LogP contribution in [0.3, 0.4) is 0 Å². The molecular weight excluding hydrogens is 224 g/mol. The zero-order valence-electron chi connectivity index (χ0n) is 12.7. The van der Waals surface area contributed by atoms with Gasteiger partial charge < -0.3 is 4.74 Å². The van der Waals surface area contributed by atoms with Gasteiger partial charge in [0.05, 0.1) is 0 Å². The predicted octanol–water partition coefficient (Wildman–Crippen LogP) is 4.04. The molecule has 0 aromatic heterocycles. The van der Waals surface area contributed by atoms with Gasteiger partial charge in [-0.2, -0.15) is 0 Å². The Morgan fingerprint density at radius 2 is 1.50 bits per heavy atom. The van der Waals surface area contributed by atoms with E-state index in [0.29, 0.717) is 24.2 Å². The van der Waals surface area contributed by atoms with Gasteiger partial charge in [0.25, 0.3) is 0 Å². The van der Waals surface area contributed by atoms with Gasteiger partial charge in [0.1, 0.15) is 6.10 Å². The Labute approximate surface area is 111 Å². The summed E-state index contributed by atoms with van der Waals surface area (Å²) in [7, 11) is 0. The smallest absolute Gasteiger partial charge is 0.306 e. The number of carbonyl (C=O) groups excluding carboxylic acids is 1. The fourth-order valence-electron chi connectivity index (χ4n) is 3.71. The average Bonchev–Trinajstić information content (AvgIpc) is 2.02. The van der Waals surface area contributed by atoms with E-state index in [1.165, 1.54) is 12.8 Å². The lowest BCUT2D eigenvalue weighted by Gasteiger charge is -2.56. The Morgan fingerprint density at radius 1 is 1.06 bits per heavy atom. The lowest BCUT2D eigenvalue weighted by atomic mass is 9.53. The van der Waals surface area contributed by atoms with Crippen molar-refractivity contribution in [3.63, 3.8) is 0 Å². The number of esters is 1. The third-order valence-electron chi connectivity index (χ3n) is 4.87. The summed E-state index contributed by atoms with van der Waals surface area (Å²) in [6.45, 7) is 13.3. The maximum Gasteiger partial charge on any atom is 0.306 e. The number of hydrogen-bond donors (Lipinski definition) is 0. The first-order valence-corrected chi connectivity index (χ1v) is 7.28. The second-order valence-corrected chi connectivity index (χ2v) is 8.43. The summed E-state index contributed by atoms with van der Waals surface area (Å²) in [5.41, 5.74) is 0.277. The van der Waals surface area contributed by atoms with Gasteiger partial charge in [0, 0.05) is 6.42 Å². The molecule has 0 atom stereocenters. The molecule has 3 aliphatic rings. The number of ether oxygens (including phenoxy) is 1. The van der Waals surface area contributed by atoms with Crippen molar-refractivity contribution in [2.75, 3.05) is 0 Å². The van der Waals surface area contributed by atoms with E-state index in [0.717, 1.165) is 0 Å². The van der Waals surface area contributed by atoms with Gasteiger partial charge in [-0.05, 0) is 41.4 Å². The van der Waals surface area contributed by atoms with Gasteiger partial charge in [0.15, 0.2) is 0 Å². The Morgan fingerprint density at radius 3 is 1.78 bits per heavy atom. The first kappa shape index (κ1) is 13.9. The van der Waals surface area contributed by atoms with Crippen molar-refractivity contribution < 1.29 is 9.53 Å². The standard InChI is InChI=1S/C16H28O2/c1-15(2,3)12(16(4,5)6)9-13(17)18-14-10-7-11(14)8-10/h10-12,14H,7-9H2,1-6H3. The molecule has 0 N–H and O–H groups in total. The Kier molecular flexibility index (Phi) is 3.28.